The van der Waals surface area contributed by atoms with Gasteiger partial charge in [0, 0.05) is 26.6 Å². The van der Waals surface area contributed by atoms with Crippen molar-refractivity contribution in [3.63, 3.8) is 0 Å². The van der Waals surface area contributed by atoms with Gasteiger partial charge < -0.3 is 24.1 Å². The van der Waals surface area contributed by atoms with Crippen LogP contribution in [0.25, 0.3) is 0 Å². The van der Waals surface area contributed by atoms with E-state index in [1.54, 1.807) is 13.8 Å². The van der Waals surface area contributed by atoms with E-state index in [4.69, 9.17) is 18.9 Å². The Morgan fingerprint density at radius 2 is 1.78 bits per heavy atom. The van der Waals surface area contributed by atoms with Crippen molar-refractivity contribution in [2.24, 2.45) is 50.7 Å². The number of carbonyl (C=O) groups is 1. The van der Waals surface area contributed by atoms with E-state index in [0.717, 1.165) is 25.8 Å². The first-order valence-corrected chi connectivity index (χ1v) is 18.6. The molecule has 2 saturated heterocycles. The monoisotopic (exact) mass is 647 g/mol. The third-order valence-corrected chi connectivity index (χ3v) is 15.8. The van der Waals surface area contributed by atoms with Crippen LogP contribution in [0.15, 0.2) is 0 Å². The van der Waals surface area contributed by atoms with E-state index in [-0.39, 0.29) is 53.5 Å². The highest BCUT2D eigenvalue weighted by Crippen LogP contribution is 2.89. The van der Waals surface area contributed by atoms with Gasteiger partial charge in [0.2, 0.25) is 0 Å². The van der Waals surface area contributed by atoms with Crippen molar-refractivity contribution in [2.75, 3.05) is 32.9 Å². The Morgan fingerprint density at radius 3 is 2.48 bits per heavy atom. The van der Waals surface area contributed by atoms with Gasteiger partial charge in [-0.1, -0.05) is 34.6 Å². The standard InChI is InChI=1S/C38H62FNO6/c1-23-19-25(32(34(5,6)42)44-24(2)41)45-26-20-36(8)28-10-9-27-33(3,4)29(46-30-21-40(16-15-39)17-18-43-30)11-12-37(27)22-38(28,37)14-13-35(36,7)31(23)26/h23,25-32,42H,9-22H2,1-8H3/t23-,25?,26?,27?,28+,29+,30?,31?,32+,35-,36+,37-,38+/m1/s1. The molecule has 7 nitrogen and oxygen atoms in total. The number of ether oxygens (including phenoxy) is 4. The summed E-state index contributed by atoms with van der Waals surface area (Å²) in [6, 6.07) is 0. The fourth-order valence-electron chi connectivity index (χ4n) is 13.9. The normalized spacial score (nSPS) is 50.3. The summed E-state index contributed by atoms with van der Waals surface area (Å²) in [5.41, 5.74) is 0.113. The summed E-state index contributed by atoms with van der Waals surface area (Å²) in [4.78, 5) is 14.2. The Bertz CT molecular complexity index is 1190. The summed E-state index contributed by atoms with van der Waals surface area (Å²) in [6.07, 6.45) is 9.73. The van der Waals surface area contributed by atoms with Crippen LogP contribution >= 0.6 is 0 Å². The Balaban J connectivity index is 1.10. The van der Waals surface area contributed by atoms with Crippen LogP contribution in [0.1, 0.15) is 113 Å². The maximum atomic E-state index is 13.1. The van der Waals surface area contributed by atoms with E-state index in [9.17, 15) is 14.3 Å². The van der Waals surface area contributed by atoms with Gasteiger partial charge in [-0.25, -0.2) is 4.39 Å². The highest BCUT2D eigenvalue weighted by Gasteiger charge is 2.83. The molecule has 0 aromatic heterocycles. The van der Waals surface area contributed by atoms with Crippen LogP contribution in [0.3, 0.4) is 0 Å². The van der Waals surface area contributed by atoms with Crippen molar-refractivity contribution in [1.29, 1.82) is 0 Å². The zero-order valence-corrected chi connectivity index (χ0v) is 29.9. The molecule has 2 heterocycles. The Morgan fingerprint density at radius 1 is 1.07 bits per heavy atom. The highest BCUT2D eigenvalue weighted by molar-refractivity contribution is 5.66. The average molecular weight is 648 g/mol. The third kappa shape index (κ3) is 4.75. The van der Waals surface area contributed by atoms with Gasteiger partial charge in [0.05, 0.1) is 30.5 Å². The Kier molecular flexibility index (Phi) is 8.13. The fourth-order valence-corrected chi connectivity index (χ4v) is 13.9. The number of hydrogen-bond donors (Lipinski definition) is 1. The number of nitrogens with zero attached hydrogens (tertiary/aromatic N) is 1. The van der Waals surface area contributed by atoms with Gasteiger partial charge in [0.1, 0.15) is 6.67 Å². The molecule has 0 bridgehead atoms. The van der Waals surface area contributed by atoms with Crippen LogP contribution in [0, 0.1) is 50.7 Å². The number of rotatable bonds is 7. The lowest BCUT2D eigenvalue weighted by Gasteiger charge is -2.63. The van der Waals surface area contributed by atoms with Crippen molar-refractivity contribution in [1.82, 2.24) is 4.90 Å². The van der Waals surface area contributed by atoms with E-state index in [2.05, 4.69) is 39.5 Å². The first kappa shape index (κ1) is 33.7. The lowest BCUT2D eigenvalue weighted by atomic mass is 9.41. The summed E-state index contributed by atoms with van der Waals surface area (Å²) < 4.78 is 38.6. The predicted octanol–water partition coefficient (Wildman–Crippen LogP) is 6.54. The summed E-state index contributed by atoms with van der Waals surface area (Å²) in [5, 5.41) is 11.0. The van der Waals surface area contributed by atoms with Crippen molar-refractivity contribution in [3.05, 3.63) is 0 Å². The van der Waals surface area contributed by atoms with E-state index < -0.39 is 11.7 Å². The quantitative estimate of drug-likeness (QED) is 0.315. The molecule has 5 aliphatic carbocycles. The van der Waals surface area contributed by atoms with E-state index >= 15 is 0 Å². The van der Waals surface area contributed by atoms with Gasteiger partial charge in [0.25, 0.3) is 0 Å². The van der Waals surface area contributed by atoms with Crippen molar-refractivity contribution in [2.45, 2.75) is 149 Å². The predicted molar refractivity (Wildman–Crippen MR) is 174 cm³/mol. The maximum absolute atomic E-state index is 13.1. The first-order valence-electron chi connectivity index (χ1n) is 18.6. The first-order chi connectivity index (χ1) is 21.5. The van der Waals surface area contributed by atoms with Gasteiger partial charge >= 0.3 is 5.97 Å². The van der Waals surface area contributed by atoms with Gasteiger partial charge in [-0.15, -0.1) is 0 Å². The minimum absolute atomic E-state index is 0.0669. The van der Waals surface area contributed by atoms with Crippen LogP contribution in [0.4, 0.5) is 4.39 Å². The molecule has 8 heteroatoms. The van der Waals surface area contributed by atoms with Gasteiger partial charge in [0.15, 0.2) is 12.4 Å². The van der Waals surface area contributed by atoms with Crippen LogP contribution in [0.2, 0.25) is 0 Å². The molecule has 2 spiro atoms. The molecule has 2 aliphatic heterocycles. The number of hydrogen-bond acceptors (Lipinski definition) is 7. The number of aliphatic hydroxyl groups is 1. The second-order valence-electron chi connectivity index (χ2n) is 18.6. The van der Waals surface area contributed by atoms with E-state index in [1.165, 1.54) is 45.4 Å². The summed E-state index contributed by atoms with van der Waals surface area (Å²) in [5.74, 6) is 1.89. The number of fused-ring (bicyclic) bond motifs is 4. The van der Waals surface area contributed by atoms with E-state index in [0.29, 0.717) is 54.2 Å². The molecular formula is C38H62FNO6. The van der Waals surface area contributed by atoms with E-state index in [1.807, 2.05) is 0 Å². The molecule has 7 rings (SSSR count). The number of esters is 1. The lowest BCUT2D eigenvalue weighted by Crippen LogP contribution is -2.59. The van der Waals surface area contributed by atoms with Crippen molar-refractivity contribution in [3.8, 4) is 0 Å². The van der Waals surface area contributed by atoms with Gasteiger partial charge in [-0.05, 0) is 122 Å². The summed E-state index contributed by atoms with van der Waals surface area (Å²) >= 11 is 0. The molecular weight excluding hydrogens is 585 g/mol. The Hall–Kier alpha value is -0.800. The second kappa shape index (κ2) is 11.1. The summed E-state index contributed by atoms with van der Waals surface area (Å²) in [6.45, 7) is 19.6. The van der Waals surface area contributed by atoms with Crippen LogP contribution < -0.4 is 0 Å². The molecule has 262 valence electrons. The molecule has 0 amide bonds. The van der Waals surface area contributed by atoms with Gasteiger partial charge in [-0.2, -0.15) is 0 Å². The molecule has 7 aliphatic rings. The molecule has 0 aromatic carbocycles. The van der Waals surface area contributed by atoms with Crippen molar-refractivity contribution < 1.29 is 33.2 Å². The number of alkyl halides is 1. The average Bonchev–Trinajstić information content (AvgIpc) is 3.56. The zero-order valence-electron chi connectivity index (χ0n) is 29.9. The molecule has 13 atom stereocenters. The molecule has 7 fully saturated rings. The van der Waals surface area contributed by atoms with Crippen molar-refractivity contribution >= 4 is 5.97 Å². The molecule has 0 aromatic rings. The largest absolute Gasteiger partial charge is 0.457 e. The van der Waals surface area contributed by atoms with Gasteiger partial charge in [-0.3, -0.25) is 9.69 Å². The van der Waals surface area contributed by atoms with Crippen LogP contribution in [0.5, 0.6) is 0 Å². The minimum Gasteiger partial charge on any atom is -0.457 e. The second-order valence-corrected chi connectivity index (χ2v) is 18.6. The number of halogens is 1. The number of morpholine rings is 1. The van der Waals surface area contributed by atoms with Crippen LogP contribution in [-0.4, -0.2) is 85.2 Å². The molecule has 0 radical (unpaired) electrons. The molecule has 46 heavy (non-hydrogen) atoms. The zero-order chi connectivity index (χ0) is 33.1. The Labute approximate surface area is 277 Å². The smallest absolute Gasteiger partial charge is 0.303 e. The fraction of sp³-hybridized carbons (Fsp3) is 0.974. The highest BCUT2D eigenvalue weighted by atomic mass is 19.1. The SMILES string of the molecule is CC(=O)O[C@@H](C1C[C@@H](C)C2C(C[C@@]3(C)[C@@H]4CCC5C(C)(C)[C@@H](OC6CN(CCF)CCO6)CC[C@@]56C[C@@]46CC[C@]23C)O1)C(C)(C)O. The third-order valence-electron chi connectivity index (χ3n) is 15.8. The summed E-state index contributed by atoms with van der Waals surface area (Å²) in [7, 11) is 0. The maximum Gasteiger partial charge on any atom is 0.303 e. The molecule has 5 unspecified atom stereocenters. The number of carbonyl (C=O) groups excluding carboxylic acids is 1. The molecule has 5 saturated carbocycles. The minimum atomic E-state index is -1.17. The molecule has 1 N–H and O–H groups in total. The van der Waals surface area contributed by atoms with Crippen LogP contribution in [-0.2, 0) is 23.7 Å². The lowest BCUT2D eigenvalue weighted by molar-refractivity contribution is -0.247. The topological polar surface area (TPSA) is 77.5 Å².